The number of nitrogens with zero attached hydrogens (tertiary/aromatic N) is 1. The molecule has 3 rings (SSSR count). The highest BCUT2D eigenvalue weighted by Crippen LogP contribution is 2.23. The smallest absolute Gasteiger partial charge is 0.289 e. The van der Waals surface area contributed by atoms with E-state index in [0.29, 0.717) is 37.1 Å². The zero-order valence-corrected chi connectivity index (χ0v) is 13.8. The Morgan fingerprint density at radius 1 is 1.29 bits per heavy atom. The van der Waals surface area contributed by atoms with Crippen LogP contribution in [0.25, 0.3) is 0 Å². The Kier molecular flexibility index (Phi) is 5.30. The number of methoxy groups -OCH3 is 1. The van der Waals surface area contributed by atoms with Gasteiger partial charge in [-0.25, -0.2) is 4.39 Å². The fourth-order valence-electron chi connectivity index (χ4n) is 3.21. The van der Waals surface area contributed by atoms with Gasteiger partial charge >= 0.3 is 0 Å². The zero-order valence-electron chi connectivity index (χ0n) is 13.8. The molecular formula is C19H22FNO3. The van der Waals surface area contributed by atoms with Gasteiger partial charge in [0.2, 0.25) is 0 Å². The summed E-state index contributed by atoms with van der Waals surface area (Å²) in [4.78, 5) is 14.3. The van der Waals surface area contributed by atoms with Gasteiger partial charge in [-0.3, -0.25) is 4.79 Å². The van der Waals surface area contributed by atoms with Gasteiger partial charge in [0.1, 0.15) is 18.2 Å². The molecule has 0 atom stereocenters. The summed E-state index contributed by atoms with van der Waals surface area (Å²) in [6.45, 7) is 1.78. The van der Waals surface area contributed by atoms with Crippen LogP contribution in [0.5, 0.6) is 0 Å². The van der Waals surface area contributed by atoms with Crippen molar-refractivity contribution in [2.24, 2.45) is 5.92 Å². The number of furan rings is 1. The number of amides is 1. The predicted octanol–water partition coefficient (Wildman–Crippen LogP) is 3.66. The highest BCUT2D eigenvalue weighted by molar-refractivity contribution is 5.91. The molecule has 0 unspecified atom stereocenters. The number of carbonyl (C=O) groups is 1. The number of ether oxygens (including phenoxy) is 1. The van der Waals surface area contributed by atoms with Crippen LogP contribution in [0.3, 0.4) is 0 Å². The van der Waals surface area contributed by atoms with Gasteiger partial charge in [0.15, 0.2) is 5.76 Å². The van der Waals surface area contributed by atoms with Gasteiger partial charge in [-0.1, -0.05) is 12.1 Å². The number of hydrogen-bond donors (Lipinski definition) is 0. The molecule has 1 fully saturated rings. The first-order valence-electron chi connectivity index (χ1n) is 8.27. The first kappa shape index (κ1) is 16.7. The Hall–Kier alpha value is -2.14. The molecule has 2 aromatic rings. The van der Waals surface area contributed by atoms with Crippen molar-refractivity contribution in [3.8, 4) is 0 Å². The van der Waals surface area contributed by atoms with Crippen molar-refractivity contribution in [2.45, 2.75) is 25.9 Å². The second kappa shape index (κ2) is 7.62. The van der Waals surface area contributed by atoms with Crippen LogP contribution in [0, 0.1) is 11.7 Å². The second-order valence-corrected chi connectivity index (χ2v) is 6.27. The van der Waals surface area contributed by atoms with Gasteiger partial charge in [-0.05, 0) is 55.0 Å². The number of carbonyl (C=O) groups excluding carboxylic acids is 1. The number of likely N-dealkylation sites (tertiary alicyclic amines) is 1. The van der Waals surface area contributed by atoms with Crippen molar-refractivity contribution >= 4 is 5.91 Å². The van der Waals surface area contributed by atoms with Crippen LogP contribution in [-0.4, -0.2) is 31.0 Å². The first-order valence-corrected chi connectivity index (χ1v) is 8.27. The monoisotopic (exact) mass is 331 g/mol. The lowest BCUT2D eigenvalue weighted by molar-refractivity contribution is 0.0651. The fraction of sp³-hybridized carbons (Fsp3) is 0.421. The minimum Gasteiger partial charge on any atom is -0.453 e. The molecule has 1 saturated heterocycles. The van der Waals surface area contributed by atoms with Gasteiger partial charge in [-0.15, -0.1) is 0 Å². The Morgan fingerprint density at radius 3 is 2.79 bits per heavy atom. The zero-order chi connectivity index (χ0) is 16.9. The molecular weight excluding hydrogens is 309 g/mol. The highest BCUT2D eigenvalue weighted by atomic mass is 19.1. The van der Waals surface area contributed by atoms with Crippen molar-refractivity contribution in [1.82, 2.24) is 4.90 Å². The number of piperidine rings is 1. The molecule has 0 N–H and O–H groups in total. The summed E-state index contributed by atoms with van der Waals surface area (Å²) >= 11 is 0. The lowest BCUT2D eigenvalue weighted by atomic mass is 9.90. The van der Waals surface area contributed by atoms with Crippen LogP contribution < -0.4 is 0 Å². The highest BCUT2D eigenvalue weighted by Gasteiger charge is 2.25. The molecule has 0 aliphatic carbocycles. The van der Waals surface area contributed by atoms with Crippen LogP contribution in [0.15, 0.2) is 40.8 Å². The Morgan fingerprint density at radius 2 is 2.08 bits per heavy atom. The summed E-state index contributed by atoms with van der Waals surface area (Å²) < 4.78 is 23.8. The average molecular weight is 331 g/mol. The summed E-state index contributed by atoms with van der Waals surface area (Å²) in [7, 11) is 1.59. The van der Waals surface area contributed by atoms with Crippen LogP contribution in [0.2, 0.25) is 0 Å². The maximum Gasteiger partial charge on any atom is 0.289 e. The van der Waals surface area contributed by atoms with E-state index in [9.17, 15) is 9.18 Å². The lowest BCUT2D eigenvalue weighted by Gasteiger charge is -2.31. The average Bonchev–Trinajstić information content (AvgIpc) is 3.04. The molecule has 1 aromatic carbocycles. The van der Waals surface area contributed by atoms with Crippen LogP contribution in [-0.2, 0) is 17.8 Å². The predicted molar refractivity (Wildman–Crippen MR) is 88.2 cm³/mol. The molecule has 0 spiro atoms. The lowest BCUT2D eigenvalue weighted by Crippen LogP contribution is -2.38. The number of halogens is 1. The summed E-state index contributed by atoms with van der Waals surface area (Å²) in [5.74, 6) is 1.25. The third-order valence-electron chi connectivity index (χ3n) is 4.47. The minimum absolute atomic E-state index is 0.0680. The molecule has 1 amide bonds. The van der Waals surface area contributed by atoms with Crippen molar-refractivity contribution in [1.29, 1.82) is 0 Å². The van der Waals surface area contributed by atoms with Gasteiger partial charge in [0.05, 0.1) is 0 Å². The van der Waals surface area contributed by atoms with Crippen LogP contribution in [0.4, 0.5) is 4.39 Å². The largest absolute Gasteiger partial charge is 0.453 e. The van der Waals surface area contributed by atoms with Gasteiger partial charge in [-0.2, -0.15) is 0 Å². The quantitative estimate of drug-likeness (QED) is 0.840. The van der Waals surface area contributed by atoms with Crippen molar-refractivity contribution in [3.05, 3.63) is 59.3 Å². The SMILES string of the molecule is COCc1ccc(C(=O)N2CCC(Cc3cccc(F)c3)CC2)o1. The van der Waals surface area contributed by atoms with E-state index in [1.165, 1.54) is 6.07 Å². The van der Waals surface area contributed by atoms with E-state index in [2.05, 4.69) is 0 Å². The maximum absolute atomic E-state index is 13.3. The topological polar surface area (TPSA) is 42.7 Å². The summed E-state index contributed by atoms with van der Waals surface area (Å²) in [5.41, 5.74) is 1.02. The summed E-state index contributed by atoms with van der Waals surface area (Å²) in [6.07, 6.45) is 2.71. The number of rotatable bonds is 5. The minimum atomic E-state index is -0.190. The molecule has 5 heteroatoms. The van der Waals surface area contributed by atoms with Gasteiger partial charge in [0.25, 0.3) is 5.91 Å². The van der Waals surface area contributed by atoms with E-state index in [-0.39, 0.29) is 11.7 Å². The number of hydrogen-bond acceptors (Lipinski definition) is 3. The fourth-order valence-corrected chi connectivity index (χ4v) is 3.21. The van der Waals surface area contributed by atoms with E-state index in [0.717, 1.165) is 24.8 Å². The van der Waals surface area contributed by atoms with Crippen LogP contribution >= 0.6 is 0 Å². The van der Waals surface area contributed by atoms with Gasteiger partial charge < -0.3 is 14.1 Å². The molecule has 1 aliphatic heterocycles. The van der Waals surface area contributed by atoms with E-state index in [1.54, 1.807) is 31.4 Å². The third kappa shape index (κ3) is 4.03. The van der Waals surface area contributed by atoms with Crippen LogP contribution in [0.1, 0.15) is 34.7 Å². The van der Waals surface area contributed by atoms with E-state index >= 15 is 0 Å². The van der Waals surface area contributed by atoms with E-state index in [1.807, 2.05) is 11.0 Å². The molecule has 128 valence electrons. The van der Waals surface area contributed by atoms with E-state index in [4.69, 9.17) is 9.15 Å². The standard InChI is InChI=1S/C19H22FNO3/c1-23-13-17-5-6-18(24-17)19(22)21-9-7-14(8-10-21)11-15-3-2-4-16(20)12-15/h2-6,12,14H,7-11,13H2,1H3. The third-order valence-corrected chi connectivity index (χ3v) is 4.47. The molecule has 0 bridgehead atoms. The normalized spacial score (nSPS) is 15.7. The molecule has 0 saturated carbocycles. The first-order chi connectivity index (χ1) is 11.7. The number of benzene rings is 1. The Labute approximate surface area is 141 Å². The maximum atomic E-state index is 13.3. The second-order valence-electron chi connectivity index (χ2n) is 6.27. The molecule has 24 heavy (non-hydrogen) atoms. The van der Waals surface area contributed by atoms with Crippen molar-refractivity contribution < 1.29 is 18.3 Å². The Bertz CT molecular complexity index is 689. The molecule has 2 heterocycles. The molecule has 1 aliphatic rings. The molecule has 1 aromatic heterocycles. The van der Waals surface area contributed by atoms with E-state index < -0.39 is 0 Å². The molecule has 0 radical (unpaired) electrons. The summed E-state index contributed by atoms with van der Waals surface area (Å²) in [6, 6.07) is 10.2. The van der Waals surface area contributed by atoms with Crippen molar-refractivity contribution in [2.75, 3.05) is 20.2 Å². The summed E-state index contributed by atoms with van der Waals surface area (Å²) in [5, 5.41) is 0. The Balaban J connectivity index is 1.53. The van der Waals surface area contributed by atoms with Crippen molar-refractivity contribution in [3.63, 3.8) is 0 Å². The van der Waals surface area contributed by atoms with Gasteiger partial charge in [0, 0.05) is 20.2 Å². The molecule has 4 nitrogen and oxygen atoms in total.